The van der Waals surface area contributed by atoms with Gasteiger partial charge in [0.25, 0.3) is 0 Å². The molecule has 1 aliphatic rings. The van der Waals surface area contributed by atoms with Crippen LogP contribution in [-0.4, -0.2) is 36.5 Å². The number of para-hydroxylation sites is 2. The second kappa shape index (κ2) is 9.29. The normalized spacial score (nSPS) is 13.9. The molecule has 1 unspecified atom stereocenters. The van der Waals surface area contributed by atoms with Crippen LogP contribution in [0.15, 0.2) is 91.3 Å². The number of benzene rings is 3. The van der Waals surface area contributed by atoms with Gasteiger partial charge >= 0.3 is 0 Å². The topological polar surface area (TPSA) is 88.6 Å². The van der Waals surface area contributed by atoms with Crippen molar-refractivity contribution in [3.05, 3.63) is 119 Å². The maximum atomic E-state index is 6.48. The third kappa shape index (κ3) is 3.95. The van der Waals surface area contributed by atoms with Crippen LogP contribution in [-0.2, 0) is 6.61 Å². The second-order valence-corrected chi connectivity index (χ2v) is 9.22. The Kier molecular flexibility index (Phi) is 5.47. The van der Waals surface area contributed by atoms with Crippen molar-refractivity contribution >= 4 is 5.65 Å². The minimum atomic E-state index is -0.240. The van der Waals surface area contributed by atoms with E-state index in [1.54, 1.807) is 18.0 Å². The fourth-order valence-electron chi connectivity index (χ4n) is 5.02. The highest BCUT2D eigenvalue weighted by atomic mass is 16.5. The van der Waals surface area contributed by atoms with Crippen LogP contribution < -0.4 is 14.2 Å². The Morgan fingerprint density at radius 2 is 1.59 bits per heavy atom. The second-order valence-electron chi connectivity index (χ2n) is 9.22. The van der Waals surface area contributed by atoms with Gasteiger partial charge in [-0.1, -0.05) is 48.5 Å². The number of aryl methyl sites for hydroxylation is 1. The average Bonchev–Trinajstić information content (AvgIpc) is 3.56. The summed E-state index contributed by atoms with van der Waals surface area (Å²) in [6, 6.07) is 27.6. The average molecular weight is 517 g/mol. The lowest BCUT2D eigenvalue weighted by molar-refractivity contribution is 0.296. The first-order valence-electron chi connectivity index (χ1n) is 12.6. The van der Waals surface area contributed by atoms with E-state index in [0.717, 1.165) is 39.6 Å². The summed E-state index contributed by atoms with van der Waals surface area (Å²) < 4.78 is 21.3. The minimum absolute atomic E-state index is 0.227. The lowest BCUT2D eigenvalue weighted by atomic mass is 9.84. The number of ether oxygens (including phenoxy) is 3. The van der Waals surface area contributed by atoms with E-state index < -0.39 is 0 Å². The molecule has 1 aliphatic heterocycles. The number of fused-ring (bicyclic) bond motifs is 4. The van der Waals surface area contributed by atoms with Crippen molar-refractivity contribution in [3.8, 4) is 28.9 Å². The number of methoxy groups -OCH3 is 1. The zero-order valence-electron chi connectivity index (χ0n) is 21.4. The van der Waals surface area contributed by atoms with Gasteiger partial charge in [-0.15, -0.1) is 5.10 Å². The Hall–Kier alpha value is -5.18. The molecule has 192 valence electrons. The molecule has 0 N–H and O–H groups in total. The quantitative estimate of drug-likeness (QED) is 0.289. The first kappa shape index (κ1) is 23.0. The van der Waals surface area contributed by atoms with Crippen molar-refractivity contribution in [2.24, 2.45) is 0 Å². The third-order valence-corrected chi connectivity index (χ3v) is 6.83. The van der Waals surface area contributed by atoms with Gasteiger partial charge in [0.2, 0.25) is 11.8 Å². The molecule has 1 atom stereocenters. The number of aromatic nitrogens is 6. The predicted octanol–water partition coefficient (Wildman–Crippen LogP) is 5.49. The molecule has 9 heteroatoms. The van der Waals surface area contributed by atoms with E-state index in [2.05, 4.69) is 22.2 Å². The van der Waals surface area contributed by atoms with E-state index in [9.17, 15) is 0 Å². The summed E-state index contributed by atoms with van der Waals surface area (Å²) in [5.41, 5.74) is 5.24. The van der Waals surface area contributed by atoms with Gasteiger partial charge in [0.1, 0.15) is 24.4 Å². The van der Waals surface area contributed by atoms with E-state index in [-0.39, 0.29) is 12.5 Å². The van der Waals surface area contributed by atoms with Crippen LogP contribution in [0.5, 0.6) is 23.3 Å². The third-order valence-electron chi connectivity index (χ3n) is 6.83. The number of hydrogen-bond donors (Lipinski definition) is 0. The van der Waals surface area contributed by atoms with Crippen molar-refractivity contribution in [3.63, 3.8) is 0 Å². The fourth-order valence-corrected chi connectivity index (χ4v) is 5.02. The summed E-state index contributed by atoms with van der Waals surface area (Å²) in [5, 5.41) is 9.52. The molecule has 6 aromatic rings. The summed E-state index contributed by atoms with van der Waals surface area (Å²) in [5.74, 6) is 2.94. The Bertz CT molecular complexity index is 1780. The van der Waals surface area contributed by atoms with Crippen LogP contribution >= 0.6 is 0 Å². The van der Waals surface area contributed by atoms with E-state index in [1.807, 2.05) is 84.4 Å². The van der Waals surface area contributed by atoms with Crippen LogP contribution in [0.1, 0.15) is 34.1 Å². The van der Waals surface area contributed by atoms with Gasteiger partial charge < -0.3 is 14.2 Å². The predicted molar refractivity (Wildman–Crippen MR) is 144 cm³/mol. The Morgan fingerprint density at radius 3 is 2.33 bits per heavy atom. The number of nitrogens with zero attached hydrogens (tertiary/aromatic N) is 6. The molecule has 0 radical (unpaired) electrons. The largest absolute Gasteiger partial charge is 0.497 e. The Labute approximate surface area is 224 Å². The molecule has 7 rings (SSSR count). The Morgan fingerprint density at radius 1 is 0.846 bits per heavy atom. The fraction of sp³-hybridized carbons (Fsp3) is 0.133. The van der Waals surface area contributed by atoms with Crippen molar-refractivity contribution in [1.29, 1.82) is 0 Å². The highest BCUT2D eigenvalue weighted by Crippen LogP contribution is 2.49. The lowest BCUT2D eigenvalue weighted by Gasteiger charge is -2.26. The molecule has 0 amide bonds. The van der Waals surface area contributed by atoms with Gasteiger partial charge in [0.05, 0.1) is 35.5 Å². The summed E-state index contributed by atoms with van der Waals surface area (Å²) in [6.45, 7) is 2.23. The van der Waals surface area contributed by atoms with Gasteiger partial charge in [-0.3, -0.25) is 0 Å². The van der Waals surface area contributed by atoms with Crippen molar-refractivity contribution < 1.29 is 14.2 Å². The summed E-state index contributed by atoms with van der Waals surface area (Å²) in [4.78, 5) is 9.54. The molecule has 0 saturated heterocycles. The smallest absolute Gasteiger partial charge is 0.230 e. The molecular weight excluding hydrogens is 492 g/mol. The van der Waals surface area contributed by atoms with Crippen LogP contribution in [0.4, 0.5) is 0 Å². The zero-order valence-corrected chi connectivity index (χ0v) is 21.4. The van der Waals surface area contributed by atoms with E-state index in [1.165, 1.54) is 0 Å². The van der Waals surface area contributed by atoms with E-state index in [4.69, 9.17) is 24.3 Å². The maximum absolute atomic E-state index is 6.48. The molecule has 4 heterocycles. The molecule has 3 aromatic heterocycles. The molecule has 0 spiro atoms. The lowest BCUT2D eigenvalue weighted by Crippen LogP contribution is -2.16. The molecule has 0 fully saturated rings. The number of rotatable bonds is 6. The van der Waals surface area contributed by atoms with Crippen LogP contribution in [0, 0.1) is 6.92 Å². The van der Waals surface area contributed by atoms with E-state index in [0.29, 0.717) is 23.2 Å². The highest BCUT2D eigenvalue weighted by Gasteiger charge is 2.38. The first-order valence-corrected chi connectivity index (χ1v) is 12.6. The minimum Gasteiger partial charge on any atom is -0.497 e. The van der Waals surface area contributed by atoms with Crippen molar-refractivity contribution in [1.82, 2.24) is 29.4 Å². The monoisotopic (exact) mass is 516 g/mol. The molecule has 3 aromatic carbocycles. The molecule has 0 bridgehead atoms. The standard InChI is InChI=1S/C30H24N6O3/c1-19-25-26(20-13-15-22(37-2)16-14-20)27-28-32-24(17-38-23-11-7-4-8-12-23)34-35(28)18-31-29(27)39-30(25)36(33-19)21-9-5-3-6-10-21/h3-16,18,26H,17H2,1-2H3. The van der Waals surface area contributed by atoms with Crippen molar-refractivity contribution in [2.45, 2.75) is 19.4 Å². The Balaban J connectivity index is 1.38. The van der Waals surface area contributed by atoms with Gasteiger partial charge in [0.15, 0.2) is 11.5 Å². The molecule has 0 aliphatic carbocycles. The highest BCUT2D eigenvalue weighted by molar-refractivity contribution is 5.66. The number of hydrogen-bond acceptors (Lipinski definition) is 7. The zero-order chi connectivity index (χ0) is 26.3. The first-order chi connectivity index (χ1) is 19.2. The van der Waals surface area contributed by atoms with Crippen molar-refractivity contribution in [2.75, 3.05) is 7.11 Å². The van der Waals surface area contributed by atoms with E-state index >= 15 is 0 Å². The summed E-state index contributed by atoms with van der Waals surface area (Å²) >= 11 is 0. The molecule has 9 nitrogen and oxygen atoms in total. The van der Waals surface area contributed by atoms with Gasteiger partial charge in [0, 0.05) is 0 Å². The maximum Gasteiger partial charge on any atom is 0.230 e. The van der Waals surface area contributed by atoms with Crippen LogP contribution in [0.3, 0.4) is 0 Å². The summed E-state index contributed by atoms with van der Waals surface area (Å²) in [7, 11) is 1.66. The van der Waals surface area contributed by atoms with Gasteiger partial charge in [-0.25, -0.2) is 19.2 Å². The SMILES string of the molecule is COc1ccc(C2c3c(C)nn(-c4ccccc4)c3Oc3ncn4nc(COc5ccccc5)nc4c32)cc1. The molecule has 39 heavy (non-hydrogen) atoms. The molecule has 0 saturated carbocycles. The van der Waals surface area contributed by atoms with Crippen LogP contribution in [0.2, 0.25) is 0 Å². The van der Waals surface area contributed by atoms with Crippen LogP contribution in [0.25, 0.3) is 11.3 Å². The summed E-state index contributed by atoms with van der Waals surface area (Å²) in [6.07, 6.45) is 1.62. The van der Waals surface area contributed by atoms with Gasteiger partial charge in [-0.2, -0.15) is 5.10 Å². The van der Waals surface area contributed by atoms with Gasteiger partial charge in [-0.05, 0) is 48.9 Å². The molecular formula is C30H24N6O3.